The van der Waals surface area contributed by atoms with Gasteiger partial charge in [-0.05, 0) is 17.5 Å². The van der Waals surface area contributed by atoms with E-state index in [0.717, 1.165) is 5.69 Å². The van der Waals surface area contributed by atoms with Crippen LogP contribution in [0.1, 0.15) is 26.5 Å². The van der Waals surface area contributed by atoms with E-state index in [-0.39, 0.29) is 17.4 Å². The Kier molecular flexibility index (Phi) is 5.11. The number of carbonyl (C=O) groups excluding carboxylic acids is 2. The predicted octanol–water partition coefficient (Wildman–Crippen LogP) is 1.46. The van der Waals surface area contributed by atoms with Crippen LogP contribution in [0.3, 0.4) is 0 Å². The smallest absolute Gasteiger partial charge is 0.317 e. The number of aromatic amines is 1. The molecule has 6 heteroatoms. The molecule has 1 aliphatic rings. The highest BCUT2D eigenvalue weighted by atomic mass is 16.2. The van der Waals surface area contributed by atoms with Gasteiger partial charge in [-0.15, -0.1) is 0 Å². The average Bonchev–Trinajstić information content (AvgIpc) is 2.97. The molecule has 6 nitrogen and oxygen atoms in total. The first-order valence-electron chi connectivity index (χ1n) is 7.78. The van der Waals surface area contributed by atoms with Crippen LogP contribution < -0.4 is 5.32 Å². The first kappa shape index (κ1) is 16.4. The van der Waals surface area contributed by atoms with E-state index in [9.17, 15) is 9.59 Å². The predicted molar refractivity (Wildman–Crippen MR) is 85.5 cm³/mol. The molecular weight excluding hydrogens is 280 g/mol. The van der Waals surface area contributed by atoms with Crippen molar-refractivity contribution in [1.29, 1.82) is 0 Å². The highest BCUT2D eigenvalue weighted by Gasteiger charge is 2.24. The molecule has 0 aliphatic carbocycles. The zero-order valence-electron chi connectivity index (χ0n) is 13.7. The molecule has 1 aromatic heterocycles. The van der Waals surface area contributed by atoms with Gasteiger partial charge in [0, 0.05) is 44.6 Å². The molecule has 0 radical (unpaired) electrons. The molecule has 1 aromatic rings. The molecule has 1 aliphatic heterocycles. The number of aromatic nitrogens is 1. The summed E-state index contributed by atoms with van der Waals surface area (Å²) in [6.45, 7) is 9.29. The van der Waals surface area contributed by atoms with Crippen LogP contribution in [0, 0.1) is 5.41 Å². The van der Waals surface area contributed by atoms with E-state index < -0.39 is 0 Å². The van der Waals surface area contributed by atoms with Crippen LogP contribution in [0.15, 0.2) is 18.3 Å². The van der Waals surface area contributed by atoms with Gasteiger partial charge < -0.3 is 20.1 Å². The number of hydrogen-bond donors (Lipinski definition) is 2. The number of amides is 3. The summed E-state index contributed by atoms with van der Waals surface area (Å²) < 4.78 is 0. The van der Waals surface area contributed by atoms with Crippen LogP contribution in [0.5, 0.6) is 0 Å². The number of nitrogens with zero attached hydrogens (tertiary/aromatic N) is 2. The van der Waals surface area contributed by atoms with Gasteiger partial charge in [-0.25, -0.2) is 4.79 Å². The Hall–Kier alpha value is -1.98. The Morgan fingerprint density at radius 1 is 1.18 bits per heavy atom. The molecule has 0 saturated carbocycles. The summed E-state index contributed by atoms with van der Waals surface area (Å²) in [6.07, 6.45) is 2.21. The highest BCUT2D eigenvalue weighted by Crippen LogP contribution is 2.11. The average molecular weight is 306 g/mol. The van der Waals surface area contributed by atoms with E-state index >= 15 is 0 Å². The molecule has 0 bridgehead atoms. The highest BCUT2D eigenvalue weighted by molar-refractivity contribution is 5.79. The summed E-state index contributed by atoms with van der Waals surface area (Å²) in [7, 11) is 0. The van der Waals surface area contributed by atoms with Crippen molar-refractivity contribution in [3.05, 3.63) is 24.0 Å². The van der Waals surface area contributed by atoms with Crippen molar-refractivity contribution in [2.45, 2.75) is 27.2 Å². The van der Waals surface area contributed by atoms with E-state index in [2.05, 4.69) is 31.1 Å². The minimum Gasteiger partial charge on any atom is -0.365 e. The molecule has 22 heavy (non-hydrogen) atoms. The first-order valence-corrected chi connectivity index (χ1v) is 7.78. The molecule has 3 amide bonds. The van der Waals surface area contributed by atoms with E-state index in [4.69, 9.17) is 0 Å². The third kappa shape index (κ3) is 4.79. The minimum atomic E-state index is -0.0357. The van der Waals surface area contributed by atoms with Crippen molar-refractivity contribution in [2.75, 3.05) is 32.7 Å². The SMILES string of the molecule is CC(C)(C)CNC(=O)N1CCN(C(=O)Cc2ccc[nH]2)CC1. The topological polar surface area (TPSA) is 68.4 Å². The fraction of sp³-hybridized carbons (Fsp3) is 0.625. The fourth-order valence-corrected chi connectivity index (χ4v) is 2.36. The number of H-pyrrole nitrogens is 1. The van der Waals surface area contributed by atoms with Crippen LogP contribution in [0.4, 0.5) is 4.79 Å². The lowest BCUT2D eigenvalue weighted by Gasteiger charge is -2.35. The summed E-state index contributed by atoms with van der Waals surface area (Å²) >= 11 is 0. The maximum absolute atomic E-state index is 12.2. The fourth-order valence-electron chi connectivity index (χ4n) is 2.36. The van der Waals surface area contributed by atoms with Crippen molar-refractivity contribution in [3.8, 4) is 0 Å². The van der Waals surface area contributed by atoms with E-state index in [1.165, 1.54) is 0 Å². The number of urea groups is 1. The summed E-state index contributed by atoms with van der Waals surface area (Å²) in [5, 5.41) is 2.95. The lowest BCUT2D eigenvalue weighted by Crippen LogP contribution is -2.54. The second-order valence-corrected chi connectivity index (χ2v) is 6.96. The largest absolute Gasteiger partial charge is 0.365 e. The van der Waals surface area contributed by atoms with Gasteiger partial charge in [0.15, 0.2) is 0 Å². The molecule has 0 aromatic carbocycles. The molecule has 0 unspecified atom stereocenters. The number of carbonyl (C=O) groups is 2. The van der Waals surface area contributed by atoms with Crippen molar-refractivity contribution in [3.63, 3.8) is 0 Å². The summed E-state index contributed by atoms with van der Waals surface area (Å²) in [5.41, 5.74) is 0.999. The standard InChI is InChI=1S/C16H26N4O2/c1-16(2,3)12-18-15(22)20-9-7-19(8-10-20)14(21)11-13-5-4-6-17-13/h4-6,17H,7-12H2,1-3H3,(H,18,22). The van der Waals surface area contributed by atoms with Crippen LogP contribution in [0.25, 0.3) is 0 Å². The van der Waals surface area contributed by atoms with Gasteiger partial charge in [-0.1, -0.05) is 20.8 Å². The lowest BCUT2D eigenvalue weighted by atomic mass is 9.97. The molecular formula is C16H26N4O2. The Bertz CT molecular complexity index is 497. The van der Waals surface area contributed by atoms with Crippen LogP contribution >= 0.6 is 0 Å². The van der Waals surface area contributed by atoms with Crippen LogP contribution in [-0.4, -0.2) is 59.4 Å². The number of nitrogens with one attached hydrogen (secondary N) is 2. The van der Waals surface area contributed by atoms with Crippen molar-refractivity contribution < 1.29 is 9.59 Å². The van der Waals surface area contributed by atoms with Crippen molar-refractivity contribution in [1.82, 2.24) is 20.1 Å². The molecule has 2 rings (SSSR count). The monoisotopic (exact) mass is 306 g/mol. The molecule has 0 atom stereocenters. The quantitative estimate of drug-likeness (QED) is 0.887. The second kappa shape index (κ2) is 6.85. The summed E-state index contributed by atoms with van der Waals surface area (Å²) in [5.74, 6) is 0.109. The van der Waals surface area contributed by atoms with Crippen molar-refractivity contribution >= 4 is 11.9 Å². The number of hydrogen-bond acceptors (Lipinski definition) is 2. The number of piperazine rings is 1. The molecule has 2 heterocycles. The van der Waals surface area contributed by atoms with Gasteiger partial charge in [0.2, 0.25) is 5.91 Å². The summed E-state index contributed by atoms with van der Waals surface area (Å²) in [4.78, 5) is 30.9. The Balaban J connectivity index is 1.75. The molecule has 1 saturated heterocycles. The van der Waals surface area contributed by atoms with E-state index in [1.54, 1.807) is 4.90 Å². The Labute approximate surface area is 131 Å². The van der Waals surface area contributed by atoms with Gasteiger partial charge >= 0.3 is 6.03 Å². The van der Waals surface area contributed by atoms with E-state index in [0.29, 0.717) is 39.1 Å². The third-order valence-electron chi connectivity index (χ3n) is 3.69. The third-order valence-corrected chi connectivity index (χ3v) is 3.69. The number of rotatable bonds is 3. The normalized spacial score (nSPS) is 15.8. The van der Waals surface area contributed by atoms with Crippen LogP contribution in [-0.2, 0) is 11.2 Å². The van der Waals surface area contributed by atoms with Gasteiger partial charge in [-0.3, -0.25) is 4.79 Å². The van der Waals surface area contributed by atoms with E-state index in [1.807, 2.05) is 23.2 Å². The minimum absolute atomic E-state index is 0.0357. The molecule has 1 fully saturated rings. The summed E-state index contributed by atoms with van der Waals surface area (Å²) in [6, 6.07) is 3.76. The van der Waals surface area contributed by atoms with Crippen LogP contribution in [0.2, 0.25) is 0 Å². The van der Waals surface area contributed by atoms with Gasteiger partial charge in [0.05, 0.1) is 6.42 Å². The zero-order valence-corrected chi connectivity index (χ0v) is 13.7. The zero-order chi connectivity index (χ0) is 16.2. The molecule has 122 valence electrons. The maximum Gasteiger partial charge on any atom is 0.317 e. The lowest BCUT2D eigenvalue weighted by molar-refractivity contribution is -0.131. The maximum atomic E-state index is 12.2. The van der Waals surface area contributed by atoms with Gasteiger partial charge in [0.1, 0.15) is 0 Å². The molecule has 0 spiro atoms. The van der Waals surface area contributed by atoms with Crippen molar-refractivity contribution in [2.24, 2.45) is 5.41 Å². The Morgan fingerprint density at radius 3 is 2.36 bits per heavy atom. The molecule has 2 N–H and O–H groups in total. The van der Waals surface area contributed by atoms with Gasteiger partial charge in [0.25, 0.3) is 0 Å². The van der Waals surface area contributed by atoms with Gasteiger partial charge in [-0.2, -0.15) is 0 Å². The Morgan fingerprint density at radius 2 is 1.82 bits per heavy atom. The first-order chi connectivity index (χ1) is 10.3. The second-order valence-electron chi connectivity index (χ2n) is 6.96.